The van der Waals surface area contributed by atoms with Gasteiger partial charge >= 0.3 is 6.03 Å². The van der Waals surface area contributed by atoms with Crippen LogP contribution in [0.1, 0.15) is 48.9 Å². The number of hydrogen-bond acceptors (Lipinski definition) is 4. The summed E-state index contributed by atoms with van der Waals surface area (Å²) in [6.45, 7) is 0.179. The highest BCUT2D eigenvalue weighted by atomic mass is 79.9. The summed E-state index contributed by atoms with van der Waals surface area (Å²) < 4.78 is 0.621. The minimum Gasteiger partial charge on any atom is -0.323 e. The van der Waals surface area contributed by atoms with Crippen LogP contribution in [-0.4, -0.2) is 40.7 Å². The van der Waals surface area contributed by atoms with Gasteiger partial charge in [0, 0.05) is 17.4 Å². The number of nitrogens with one attached hydrogen (secondary N) is 3. The molecule has 3 N–H and O–H groups in total. The van der Waals surface area contributed by atoms with Gasteiger partial charge in [0.05, 0.1) is 5.56 Å². The average molecular weight is 437 g/mol. The van der Waals surface area contributed by atoms with E-state index in [-0.39, 0.29) is 24.9 Å². The van der Waals surface area contributed by atoms with Crippen LogP contribution in [0.4, 0.5) is 4.79 Å². The molecule has 2 aliphatic rings. The second-order valence-corrected chi connectivity index (χ2v) is 7.62. The van der Waals surface area contributed by atoms with Gasteiger partial charge in [-0.2, -0.15) is 0 Å². The van der Waals surface area contributed by atoms with Crippen LogP contribution < -0.4 is 16.2 Å². The first-order valence-corrected chi connectivity index (χ1v) is 9.70. The molecule has 3 rings (SSSR count). The van der Waals surface area contributed by atoms with E-state index in [0.29, 0.717) is 29.3 Å². The predicted octanol–water partition coefficient (Wildman–Crippen LogP) is 1.85. The molecular weight excluding hydrogens is 416 g/mol. The van der Waals surface area contributed by atoms with Crippen LogP contribution >= 0.6 is 15.9 Å². The molecule has 1 heterocycles. The molecule has 1 saturated heterocycles. The van der Waals surface area contributed by atoms with Gasteiger partial charge in [0.15, 0.2) is 0 Å². The molecule has 0 unspecified atom stereocenters. The van der Waals surface area contributed by atoms with E-state index < -0.39 is 17.4 Å². The van der Waals surface area contributed by atoms with Crippen molar-refractivity contribution >= 4 is 39.7 Å². The smallest absolute Gasteiger partial charge is 0.323 e. The molecule has 1 aliphatic heterocycles. The number of imide groups is 1. The lowest BCUT2D eigenvalue weighted by Gasteiger charge is -2.19. The molecule has 1 aromatic carbocycles. The number of amides is 5. The van der Waals surface area contributed by atoms with Gasteiger partial charge in [-0.05, 0) is 47.3 Å². The van der Waals surface area contributed by atoms with Gasteiger partial charge in [-0.15, -0.1) is 0 Å². The Morgan fingerprint density at radius 3 is 2.56 bits per heavy atom. The molecule has 144 valence electrons. The van der Waals surface area contributed by atoms with Crippen LogP contribution in [0.3, 0.4) is 0 Å². The average Bonchev–Trinajstić information content (AvgIpc) is 3.20. The normalized spacial score (nSPS) is 17.9. The fraction of sp³-hybridized carbons (Fsp3) is 0.444. The van der Waals surface area contributed by atoms with Crippen molar-refractivity contribution in [1.82, 2.24) is 21.1 Å². The van der Waals surface area contributed by atoms with E-state index in [2.05, 4.69) is 32.1 Å². The van der Waals surface area contributed by atoms with Crippen molar-refractivity contribution in [1.29, 1.82) is 0 Å². The third-order valence-electron chi connectivity index (χ3n) is 4.92. The summed E-state index contributed by atoms with van der Waals surface area (Å²) in [6.07, 6.45) is 3.62. The topological polar surface area (TPSA) is 108 Å². The summed E-state index contributed by atoms with van der Waals surface area (Å²) in [5.41, 5.74) is 4.36. The summed E-state index contributed by atoms with van der Waals surface area (Å²) in [7, 11) is 0. The highest BCUT2D eigenvalue weighted by molar-refractivity contribution is 9.10. The Morgan fingerprint density at radius 2 is 1.85 bits per heavy atom. The second-order valence-electron chi connectivity index (χ2n) is 6.76. The molecule has 1 spiro atoms. The van der Waals surface area contributed by atoms with E-state index in [9.17, 15) is 19.2 Å². The lowest BCUT2D eigenvalue weighted by Crippen LogP contribution is -2.44. The highest BCUT2D eigenvalue weighted by Crippen LogP contribution is 2.35. The van der Waals surface area contributed by atoms with Crippen LogP contribution in [0.5, 0.6) is 0 Å². The minimum atomic E-state index is -0.726. The Hall–Kier alpha value is -2.42. The van der Waals surface area contributed by atoms with Crippen molar-refractivity contribution in [3.63, 3.8) is 0 Å². The largest absolute Gasteiger partial charge is 0.325 e. The zero-order valence-corrected chi connectivity index (χ0v) is 16.3. The third-order valence-corrected chi connectivity index (χ3v) is 5.61. The van der Waals surface area contributed by atoms with Crippen molar-refractivity contribution < 1.29 is 19.2 Å². The molecule has 27 heavy (non-hydrogen) atoms. The molecule has 9 heteroatoms. The first-order valence-electron chi connectivity index (χ1n) is 8.91. The molecular formula is C18H21BrN4O4. The number of halogens is 1. The van der Waals surface area contributed by atoms with Gasteiger partial charge in [0.2, 0.25) is 5.91 Å². The van der Waals surface area contributed by atoms with Crippen LogP contribution in [-0.2, 0) is 9.59 Å². The standard InChI is InChI=1S/C18H21BrN4O4/c19-13-7-2-1-6-12(13)15(25)22-21-14(24)8-5-11-23-16(26)18(20-17(23)27)9-3-4-10-18/h1-2,6-7H,3-5,8-11H2,(H,20,27)(H,21,24)(H,22,25). The second kappa shape index (κ2) is 8.08. The first-order chi connectivity index (χ1) is 12.9. The van der Waals surface area contributed by atoms with E-state index in [1.807, 2.05) is 0 Å². The Labute approximate surface area is 165 Å². The number of rotatable bonds is 5. The van der Waals surface area contributed by atoms with E-state index in [1.165, 1.54) is 4.90 Å². The Morgan fingerprint density at radius 1 is 1.15 bits per heavy atom. The maximum absolute atomic E-state index is 12.5. The Balaban J connectivity index is 1.42. The zero-order valence-electron chi connectivity index (χ0n) is 14.7. The van der Waals surface area contributed by atoms with Crippen molar-refractivity contribution in [2.45, 2.75) is 44.1 Å². The summed E-state index contributed by atoms with van der Waals surface area (Å²) in [5, 5.41) is 2.81. The van der Waals surface area contributed by atoms with Gasteiger partial charge in [-0.25, -0.2) is 4.79 Å². The highest BCUT2D eigenvalue weighted by Gasteiger charge is 2.51. The molecule has 0 radical (unpaired) electrons. The zero-order chi connectivity index (χ0) is 19.4. The van der Waals surface area contributed by atoms with Gasteiger partial charge in [-0.3, -0.25) is 30.1 Å². The number of carbonyl (C=O) groups is 4. The van der Waals surface area contributed by atoms with E-state index in [4.69, 9.17) is 0 Å². The predicted molar refractivity (Wildman–Crippen MR) is 100 cm³/mol. The SMILES string of the molecule is O=C(CCCN1C(=O)NC2(CCCC2)C1=O)NNC(=O)c1ccccc1Br. The fourth-order valence-electron chi connectivity index (χ4n) is 3.50. The van der Waals surface area contributed by atoms with Crippen molar-refractivity contribution in [3.05, 3.63) is 34.3 Å². The summed E-state index contributed by atoms with van der Waals surface area (Å²) >= 11 is 3.27. The van der Waals surface area contributed by atoms with E-state index in [1.54, 1.807) is 24.3 Å². The number of urea groups is 1. The van der Waals surface area contributed by atoms with Gasteiger partial charge in [-0.1, -0.05) is 25.0 Å². The summed E-state index contributed by atoms with van der Waals surface area (Å²) in [6, 6.07) is 6.47. The lowest BCUT2D eigenvalue weighted by molar-refractivity contribution is -0.131. The number of nitrogens with zero attached hydrogens (tertiary/aromatic N) is 1. The fourth-order valence-corrected chi connectivity index (χ4v) is 3.96. The summed E-state index contributed by atoms with van der Waals surface area (Å²) in [5.74, 6) is -1.02. The molecule has 5 amide bonds. The number of hydrogen-bond donors (Lipinski definition) is 3. The maximum Gasteiger partial charge on any atom is 0.325 e. The van der Waals surface area contributed by atoms with Crippen molar-refractivity contribution in [2.24, 2.45) is 0 Å². The Kier molecular flexibility index (Phi) is 5.79. The molecule has 1 aromatic rings. The molecule has 0 bridgehead atoms. The molecule has 0 atom stereocenters. The first kappa shape index (κ1) is 19.3. The molecule has 1 saturated carbocycles. The van der Waals surface area contributed by atoms with Crippen LogP contribution in [0.2, 0.25) is 0 Å². The molecule has 2 fully saturated rings. The van der Waals surface area contributed by atoms with Gasteiger partial charge < -0.3 is 5.32 Å². The molecule has 8 nitrogen and oxygen atoms in total. The van der Waals surface area contributed by atoms with Gasteiger partial charge in [0.25, 0.3) is 11.8 Å². The van der Waals surface area contributed by atoms with Crippen LogP contribution in [0, 0.1) is 0 Å². The molecule has 1 aliphatic carbocycles. The van der Waals surface area contributed by atoms with Crippen LogP contribution in [0.15, 0.2) is 28.7 Å². The van der Waals surface area contributed by atoms with E-state index >= 15 is 0 Å². The monoisotopic (exact) mass is 436 g/mol. The molecule has 0 aromatic heterocycles. The third kappa shape index (κ3) is 4.13. The summed E-state index contributed by atoms with van der Waals surface area (Å²) in [4.78, 5) is 49.7. The Bertz CT molecular complexity index is 776. The lowest BCUT2D eigenvalue weighted by atomic mass is 9.98. The van der Waals surface area contributed by atoms with Crippen molar-refractivity contribution in [2.75, 3.05) is 6.54 Å². The maximum atomic E-state index is 12.5. The minimum absolute atomic E-state index is 0.0836. The number of hydrazine groups is 1. The van der Waals surface area contributed by atoms with Crippen molar-refractivity contribution in [3.8, 4) is 0 Å². The van der Waals surface area contributed by atoms with Gasteiger partial charge in [0.1, 0.15) is 5.54 Å². The number of benzene rings is 1. The van der Waals surface area contributed by atoms with Crippen LogP contribution in [0.25, 0.3) is 0 Å². The number of carbonyl (C=O) groups excluding carboxylic acids is 4. The quantitative estimate of drug-likeness (QED) is 0.483. The van der Waals surface area contributed by atoms with E-state index in [0.717, 1.165) is 12.8 Å².